The van der Waals surface area contributed by atoms with Crippen LogP contribution < -0.4 is 0 Å². The van der Waals surface area contributed by atoms with Crippen LogP contribution >= 0.6 is 11.6 Å². The van der Waals surface area contributed by atoms with Crippen LogP contribution in [-0.2, 0) is 9.53 Å². The smallest absolute Gasteiger partial charge is 0.313 e. The summed E-state index contributed by atoms with van der Waals surface area (Å²) in [5, 5.41) is 20.1. The van der Waals surface area contributed by atoms with Gasteiger partial charge in [-0.25, -0.2) is 0 Å². The molecule has 23 heavy (non-hydrogen) atoms. The number of hydrogen-bond acceptors (Lipinski definition) is 5. The zero-order chi connectivity index (χ0) is 17.2. The van der Waals surface area contributed by atoms with Gasteiger partial charge in [-0.05, 0) is 12.5 Å². The third kappa shape index (κ3) is 3.27. The van der Waals surface area contributed by atoms with Crippen LogP contribution in [-0.4, -0.2) is 53.6 Å². The average Bonchev–Trinajstić information content (AvgIpc) is 2.92. The number of amides is 1. The lowest BCUT2D eigenvalue weighted by atomic mass is 9.88. The predicted molar refractivity (Wildman–Crippen MR) is 80.6 cm³/mol. The molecule has 0 saturated carbocycles. The Hall–Kier alpha value is -2.19. The van der Waals surface area contributed by atoms with Crippen molar-refractivity contribution in [1.29, 1.82) is 0 Å². The summed E-state index contributed by atoms with van der Waals surface area (Å²) in [7, 11) is 1.41. The minimum Gasteiger partial charge on any atom is -0.481 e. The third-order valence-corrected chi connectivity index (χ3v) is 4.22. The second-order valence-electron chi connectivity index (χ2n) is 5.42. The van der Waals surface area contributed by atoms with Crippen LogP contribution in [0.2, 0.25) is 5.02 Å². The van der Waals surface area contributed by atoms with E-state index >= 15 is 0 Å². The molecule has 9 heteroatoms. The van der Waals surface area contributed by atoms with Gasteiger partial charge in [0, 0.05) is 32.3 Å². The maximum absolute atomic E-state index is 12.5. The van der Waals surface area contributed by atoms with Crippen molar-refractivity contribution in [1.82, 2.24) is 4.90 Å². The molecule has 1 atom stereocenters. The lowest BCUT2D eigenvalue weighted by Gasteiger charge is -2.24. The molecule has 2 rings (SSSR count). The molecule has 1 heterocycles. The van der Waals surface area contributed by atoms with Gasteiger partial charge in [0.2, 0.25) is 0 Å². The molecular formula is C14H15ClN2O6. The number of likely N-dealkylation sites (tertiary alicyclic amines) is 1. The minimum atomic E-state index is -1.14. The number of non-ortho nitro benzene ring substituents is 1. The molecule has 1 aromatic carbocycles. The molecule has 124 valence electrons. The number of carboxylic acids is 1. The van der Waals surface area contributed by atoms with Crippen molar-refractivity contribution in [3.05, 3.63) is 38.9 Å². The van der Waals surface area contributed by atoms with E-state index in [1.807, 2.05) is 0 Å². The van der Waals surface area contributed by atoms with E-state index in [1.54, 1.807) is 0 Å². The van der Waals surface area contributed by atoms with Crippen LogP contribution in [0.15, 0.2) is 18.2 Å². The molecule has 0 bridgehead atoms. The Kier molecular flexibility index (Phi) is 4.86. The number of benzene rings is 1. The molecule has 0 aliphatic carbocycles. The van der Waals surface area contributed by atoms with Gasteiger partial charge in [-0.3, -0.25) is 19.7 Å². The van der Waals surface area contributed by atoms with Gasteiger partial charge in [-0.1, -0.05) is 11.6 Å². The van der Waals surface area contributed by atoms with Gasteiger partial charge in [0.1, 0.15) is 5.41 Å². The molecule has 1 fully saturated rings. The Morgan fingerprint density at radius 2 is 2.22 bits per heavy atom. The Morgan fingerprint density at radius 1 is 1.52 bits per heavy atom. The minimum absolute atomic E-state index is 0.000106. The normalized spacial score (nSPS) is 20.5. The molecule has 0 spiro atoms. The Labute approximate surface area is 136 Å². The first-order valence-electron chi connectivity index (χ1n) is 6.76. The largest absolute Gasteiger partial charge is 0.481 e. The number of ether oxygens (including phenoxy) is 1. The molecule has 1 aromatic rings. The van der Waals surface area contributed by atoms with Gasteiger partial charge in [0.05, 0.1) is 22.1 Å². The number of nitrogens with zero attached hydrogens (tertiary/aromatic N) is 2. The van der Waals surface area contributed by atoms with Crippen LogP contribution in [0.1, 0.15) is 16.8 Å². The summed E-state index contributed by atoms with van der Waals surface area (Å²) in [6, 6.07) is 3.57. The van der Waals surface area contributed by atoms with E-state index in [1.165, 1.54) is 24.1 Å². The van der Waals surface area contributed by atoms with E-state index in [-0.39, 0.29) is 42.4 Å². The lowest BCUT2D eigenvalue weighted by Crippen LogP contribution is -2.40. The number of methoxy groups -OCH3 is 1. The number of rotatable bonds is 5. The van der Waals surface area contributed by atoms with Gasteiger partial charge in [0.15, 0.2) is 0 Å². The lowest BCUT2D eigenvalue weighted by molar-refractivity contribution is -0.384. The fourth-order valence-corrected chi connectivity index (χ4v) is 2.89. The molecule has 0 aromatic heterocycles. The highest BCUT2D eigenvalue weighted by Gasteiger charge is 2.46. The summed E-state index contributed by atoms with van der Waals surface area (Å²) in [5.41, 5.74) is -1.25. The highest BCUT2D eigenvalue weighted by Crippen LogP contribution is 2.33. The number of carbonyl (C=O) groups excluding carboxylic acids is 1. The number of aliphatic carboxylic acids is 1. The maximum Gasteiger partial charge on any atom is 0.313 e. The average molecular weight is 343 g/mol. The SMILES string of the molecule is COCC1(C(=O)O)CCN(C(=O)c2ccc([N+](=O)[O-])cc2Cl)C1. The topological polar surface area (TPSA) is 110 Å². The summed E-state index contributed by atoms with van der Waals surface area (Å²) < 4.78 is 4.97. The number of hydrogen-bond donors (Lipinski definition) is 1. The molecule has 1 aliphatic rings. The standard InChI is InChI=1S/C14H15ClN2O6/c1-23-8-14(13(19)20)4-5-16(7-14)12(18)10-3-2-9(17(21)22)6-11(10)15/h2-3,6H,4-5,7-8H2,1H3,(H,19,20). The van der Waals surface area contributed by atoms with E-state index in [0.29, 0.717) is 0 Å². The highest BCUT2D eigenvalue weighted by molar-refractivity contribution is 6.34. The van der Waals surface area contributed by atoms with Crippen molar-refractivity contribution in [3.63, 3.8) is 0 Å². The molecular weight excluding hydrogens is 328 g/mol. The van der Waals surface area contributed by atoms with E-state index in [0.717, 1.165) is 6.07 Å². The first-order chi connectivity index (χ1) is 10.8. The summed E-state index contributed by atoms with van der Waals surface area (Å²) >= 11 is 5.95. The van der Waals surface area contributed by atoms with E-state index in [9.17, 15) is 24.8 Å². The first kappa shape index (κ1) is 17.2. The Morgan fingerprint density at radius 3 is 2.74 bits per heavy atom. The maximum atomic E-state index is 12.5. The number of halogens is 1. The van der Waals surface area contributed by atoms with Crippen molar-refractivity contribution in [2.24, 2.45) is 5.41 Å². The highest BCUT2D eigenvalue weighted by atomic mass is 35.5. The number of carbonyl (C=O) groups is 2. The van der Waals surface area contributed by atoms with Crippen molar-refractivity contribution >= 4 is 29.2 Å². The predicted octanol–water partition coefficient (Wildman–Crippen LogP) is 1.81. The third-order valence-electron chi connectivity index (χ3n) is 3.91. The fraction of sp³-hybridized carbons (Fsp3) is 0.429. The molecule has 1 unspecified atom stereocenters. The molecule has 1 saturated heterocycles. The molecule has 0 radical (unpaired) electrons. The van der Waals surface area contributed by atoms with Gasteiger partial charge in [-0.2, -0.15) is 0 Å². The van der Waals surface area contributed by atoms with Crippen molar-refractivity contribution < 1.29 is 24.4 Å². The first-order valence-corrected chi connectivity index (χ1v) is 7.14. The molecule has 1 aliphatic heterocycles. The van der Waals surface area contributed by atoms with E-state index in [4.69, 9.17) is 16.3 Å². The number of nitro benzene ring substituents is 1. The fourth-order valence-electron chi connectivity index (χ4n) is 2.64. The van der Waals surface area contributed by atoms with Crippen LogP contribution in [0, 0.1) is 15.5 Å². The van der Waals surface area contributed by atoms with Crippen LogP contribution in [0.3, 0.4) is 0 Å². The quantitative estimate of drug-likeness (QED) is 0.645. The van der Waals surface area contributed by atoms with E-state index in [2.05, 4.69) is 0 Å². The van der Waals surface area contributed by atoms with Crippen molar-refractivity contribution in [3.8, 4) is 0 Å². The van der Waals surface area contributed by atoms with Crippen LogP contribution in [0.5, 0.6) is 0 Å². The van der Waals surface area contributed by atoms with Crippen molar-refractivity contribution in [2.45, 2.75) is 6.42 Å². The monoisotopic (exact) mass is 342 g/mol. The zero-order valence-electron chi connectivity index (χ0n) is 12.3. The second-order valence-corrected chi connectivity index (χ2v) is 5.82. The molecule has 1 amide bonds. The zero-order valence-corrected chi connectivity index (χ0v) is 13.1. The molecule has 1 N–H and O–H groups in total. The summed E-state index contributed by atoms with van der Waals surface area (Å²) in [4.78, 5) is 35.5. The summed E-state index contributed by atoms with van der Waals surface area (Å²) in [6.45, 7) is 0.254. The van der Waals surface area contributed by atoms with Gasteiger partial charge in [-0.15, -0.1) is 0 Å². The summed E-state index contributed by atoms with van der Waals surface area (Å²) in [5.74, 6) is -1.48. The van der Waals surface area contributed by atoms with Gasteiger partial charge < -0.3 is 14.7 Å². The van der Waals surface area contributed by atoms with Crippen LogP contribution in [0.4, 0.5) is 5.69 Å². The van der Waals surface area contributed by atoms with Gasteiger partial charge in [0.25, 0.3) is 11.6 Å². The Bertz CT molecular complexity index is 665. The van der Waals surface area contributed by atoms with Crippen LogP contribution in [0.25, 0.3) is 0 Å². The van der Waals surface area contributed by atoms with E-state index < -0.39 is 22.2 Å². The Balaban J connectivity index is 2.22. The molecule has 8 nitrogen and oxygen atoms in total. The van der Waals surface area contributed by atoms with Crippen molar-refractivity contribution in [2.75, 3.05) is 26.8 Å². The number of carboxylic acid groups (broad SMARTS) is 1. The second kappa shape index (κ2) is 6.51. The number of nitro groups is 1. The van der Waals surface area contributed by atoms with Gasteiger partial charge >= 0.3 is 5.97 Å². The summed E-state index contributed by atoms with van der Waals surface area (Å²) in [6.07, 6.45) is 0.270.